The number of carbonyl (C=O) groups excluding carboxylic acids is 2. The van der Waals surface area contributed by atoms with Gasteiger partial charge in [0, 0.05) is 11.1 Å². The molecule has 0 atom stereocenters. The number of hydrogen-bond donors (Lipinski definition) is 2. The van der Waals surface area contributed by atoms with Gasteiger partial charge in [0.15, 0.2) is 0 Å². The van der Waals surface area contributed by atoms with E-state index in [-0.39, 0.29) is 0 Å². The Bertz CT molecular complexity index is 834. The van der Waals surface area contributed by atoms with Crippen LogP contribution in [0, 0.1) is 0 Å². The Morgan fingerprint density at radius 2 is 1.15 bits per heavy atom. The minimum absolute atomic E-state index is 0.359. The van der Waals surface area contributed by atoms with Gasteiger partial charge in [-0.2, -0.15) is 10.2 Å². The monoisotopic (exact) mass is 350 g/mol. The molecule has 0 saturated heterocycles. The molecule has 2 N–H and O–H groups in total. The van der Waals surface area contributed by atoms with Crippen LogP contribution in [0.15, 0.2) is 80.1 Å². The predicted octanol–water partition coefficient (Wildman–Crippen LogP) is 2.40. The van der Waals surface area contributed by atoms with Gasteiger partial charge in [-0.3, -0.25) is 9.59 Å². The molecule has 8 nitrogen and oxygen atoms in total. The van der Waals surface area contributed by atoms with Gasteiger partial charge in [-0.05, 0) is 48.5 Å². The number of nitrogens with one attached hydrogen (secondary N) is 2. The van der Waals surface area contributed by atoms with Gasteiger partial charge in [-0.1, -0.05) is 0 Å². The van der Waals surface area contributed by atoms with Crippen LogP contribution in [0.3, 0.4) is 0 Å². The fourth-order valence-corrected chi connectivity index (χ4v) is 1.94. The van der Waals surface area contributed by atoms with Gasteiger partial charge < -0.3 is 8.83 Å². The summed E-state index contributed by atoms with van der Waals surface area (Å²) < 4.78 is 10.1. The molecule has 0 unspecified atom stereocenters. The van der Waals surface area contributed by atoms with Crippen molar-refractivity contribution in [1.82, 2.24) is 10.9 Å². The first kappa shape index (κ1) is 16.9. The summed E-state index contributed by atoms with van der Waals surface area (Å²) in [4.78, 5) is 23.9. The highest BCUT2D eigenvalue weighted by atomic mass is 16.3. The molecule has 0 radical (unpaired) electrons. The lowest BCUT2D eigenvalue weighted by Crippen LogP contribution is -2.19. The number of amides is 2. The molecule has 1 aromatic carbocycles. The van der Waals surface area contributed by atoms with Crippen LogP contribution in [-0.2, 0) is 0 Å². The van der Waals surface area contributed by atoms with Crippen LogP contribution >= 0.6 is 0 Å². The highest BCUT2D eigenvalue weighted by molar-refractivity contribution is 5.98. The standard InChI is InChI=1S/C18H14N4O4/c23-17(21-19-11-15-3-1-9-25-15)13-5-7-14(8-6-13)18(24)22-20-12-16-4-2-10-26-16/h1-12H,(H,21,23)(H,22,24)/b19-11-,20-12?. The Morgan fingerprint density at radius 3 is 1.50 bits per heavy atom. The lowest BCUT2D eigenvalue weighted by molar-refractivity contribution is 0.0943. The van der Waals surface area contributed by atoms with Crippen molar-refractivity contribution >= 4 is 24.2 Å². The molecule has 0 bridgehead atoms. The Hall–Kier alpha value is -3.94. The average molecular weight is 350 g/mol. The summed E-state index contributed by atoms with van der Waals surface area (Å²) >= 11 is 0. The number of rotatable bonds is 6. The van der Waals surface area contributed by atoms with E-state index in [9.17, 15) is 9.59 Å². The molecule has 2 heterocycles. The van der Waals surface area contributed by atoms with Crippen LogP contribution in [0.4, 0.5) is 0 Å². The van der Waals surface area contributed by atoms with E-state index in [0.29, 0.717) is 22.6 Å². The van der Waals surface area contributed by atoms with Crippen LogP contribution in [0.2, 0.25) is 0 Å². The first-order valence-corrected chi connectivity index (χ1v) is 7.56. The molecule has 0 aliphatic carbocycles. The summed E-state index contributed by atoms with van der Waals surface area (Å²) in [5.41, 5.74) is 5.46. The number of furan rings is 2. The third-order valence-electron chi connectivity index (χ3n) is 3.21. The van der Waals surface area contributed by atoms with Crippen molar-refractivity contribution in [2.24, 2.45) is 10.2 Å². The van der Waals surface area contributed by atoms with E-state index >= 15 is 0 Å². The number of benzene rings is 1. The van der Waals surface area contributed by atoms with Gasteiger partial charge in [0.1, 0.15) is 11.5 Å². The zero-order chi connectivity index (χ0) is 18.2. The zero-order valence-corrected chi connectivity index (χ0v) is 13.5. The Labute approximate surface area is 148 Å². The molecule has 3 aromatic rings. The third kappa shape index (κ3) is 4.54. The smallest absolute Gasteiger partial charge is 0.271 e. The highest BCUT2D eigenvalue weighted by Crippen LogP contribution is 2.05. The van der Waals surface area contributed by atoms with Crippen molar-refractivity contribution in [3.05, 3.63) is 83.7 Å². The summed E-state index contributed by atoms with van der Waals surface area (Å²) in [6.45, 7) is 0. The summed E-state index contributed by atoms with van der Waals surface area (Å²) in [5.74, 6) is 0.228. The summed E-state index contributed by atoms with van der Waals surface area (Å²) in [6.07, 6.45) is 5.78. The molecule has 3 rings (SSSR count). The van der Waals surface area contributed by atoms with Crippen molar-refractivity contribution < 1.29 is 18.4 Å². The first-order chi connectivity index (χ1) is 12.7. The molecule has 8 heteroatoms. The SMILES string of the molecule is O=C(NN=Cc1ccco1)c1ccc(C(=O)N/N=C\c2ccco2)cc1. The van der Waals surface area contributed by atoms with Crippen LogP contribution in [0.1, 0.15) is 32.2 Å². The Morgan fingerprint density at radius 1 is 0.731 bits per heavy atom. The zero-order valence-electron chi connectivity index (χ0n) is 13.5. The fourth-order valence-electron chi connectivity index (χ4n) is 1.94. The summed E-state index contributed by atoms with van der Waals surface area (Å²) in [7, 11) is 0. The van der Waals surface area contributed by atoms with E-state index in [1.807, 2.05) is 0 Å². The second kappa shape index (κ2) is 8.25. The van der Waals surface area contributed by atoms with E-state index in [4.69, 9.17) is 8.83 Å². The predicted molar refractivity (Wildman–Crippen MR) is 94.0 cm³/mol. The second-order valence-corrected chi connectivity index (χ2v) is 5.01. The number of nitrogens with zero attached hydrogens (tertiary/aromatic N) is 2. The maximum absolute atomic E-state index is 12.0. The van der Waals surface area contributed by atoms with E-state index in [2.05, 4.69) is 21.1 Å². The molecule has 2 aromatic heterocycles. The van der Waals surface area contributed by atoms with Crippen molar-refractivity contribution in [1.29, 1.82) is 0 Å². The fraction of sp³-hybridized carbons (Fsp3) is 0. The number of hydrogen-bond acceptors (Lipinski definition) is 6. The van der Waals surface area contributed by atoms with E-state index in [0.717, 1.165) is 0 Å². The number of hydrazone groups is 2. The average Bonchev–Trinajstić information content (AvgIpc) is 3.36. The molecule has 0 saturated carbocycles. The van der Waals surface area contributed by atoms with E-state index < -0.39 is 11.8 Å². The molecule has 0 spiro atoms. The molecular formula is C18H14N4O4. The summed E-state index contributed by atoms with van der Waals surface area (Å²) in [5, 5.41) is 7.57. The molecule has 26 heavy (non-hydrogen) atoms. The van der Waals surface area contributed by atoms with Crippen molar-refractivity contribution in [3.8, 4) is 0 Å². The van der Waals surface area contributed by atoms with Crippen LogP contribution in [0.25, 0.3) is 0 Å². The van der Waals surface area contributed by atoms with Gasteiger partial charge in [-0.25, -0.2) is 10.9 Å². The largest absolute Gasteiger partial charge is 0.463 e. The topological polar surface area (TPSA) is 109 Å². The molecule has 2 amide bonds. The quantitative estimate of drug-likeness (QED) is 0.525. The third-order valence-corrected chi connectivity index (χ3v) is 3.21. The van der Waals surface area contributed by atoms with Gasteiger partial charge in [0.2, 0.25) is 0 Å². The normalized spacial score (nSPS) is 11.1. The maximum Gasteiger partial charge on any atom is 0.271 e. The Kier molecular flexibility index (Phi) is 5.36. The van der Waals surface area contributed by atoms with Gasteiger partial charge >= 0.3 is 0 Å². The molecular weight excluding hydrogens is 336 g/mol. The number of carbonyl (C=O) groups is 2. The van der Waals surface area contributed by atoms with Crippen LogP contribution in [0.5, 0.6) is 0 Å². The minimum atomic E-state index is -0.407. The molecule has 0 aliphatic heterocycles. The van der Waals surface area contributed by atoms with Crippen molar-refractivity contribution in [3.63, 3.8) is 0 Å². The maximum atomic E-state index is 12.0. The first-order valence-electron chi connectivity index (χ1n) is 7.56. The van der Waals surface area contributed by atoms with Crippen LogP contribution in [-0.4, -0.2) is 24.2 Å². The van der Waals surface area contributed by atoms with Gasteiger partial charge in [-0.15, -0.1) is 0 Å². The van der Waals surface area contributed by atoms with Crippen molar-refractivity contribution in [2.45, 2.75) is 0 Å². The van der Waals surface area contributed by atoms with Gasteiger partial charge in [0.05, 0.1) is 25.0 Å². The second-order valence-electron chi connectivity index (χ2n) is 5.01. The summed E-state index contributed by atoms with van der Waals surface area (Å²) in [6, 6.07) is 12.9. The van der Waals surface area contributed by atoms with Crippen molar-refractivity contribution in [2.75, 3.05) is 0 Å². The lowest BCUT2D eigenvalue weighted by atomic mass is 10.1. The minimum Gasteiger partial charge on any atom is -0.463 e. The Balaban J connectivity index is 1.53. The van der Waals surface area contributed by atoms with Gasteiger partial charge in [0.25, 0.3) is 11.8 Å². The molecule has 0 aliphatic rings. The van der Waals surface area contributed by atoms with E-state index in [1.165, 1.54) is 49.2 Å². The molecule has 130 valence electrons. The molecule has 0 fully saturated rings. The lowest BCUT2D eigenvalue weighted by Gasteiger charge is -2.02. The van der Waals surface area contributed by atoms with Crippen LogP contribution < -0.4 is 10.9 Å². The van der Waals surface area contributed by atoms with E-state index in [1.54, 1.807) is 24.3 Å². The highest BCUT2D eigenvalue weighted by Gasteiger charge is 2.08.